The molecule has 0 aliphatic carbocycles. The van der Waals surface area contributed by atoms with Crippen molar-refractivity contribution in [2.75, 3.05) is 17.2 Å². The van der Waals surface area contributed by atoms with Crippen LogP contribution in [0.2, 0.25) is 0 Å². The Morgan fingerprint density at radius 1 is 1.09 bits per heavy atom. The van der Waals surface area contributed by atoms with Gasteiger partial charge in [-0.15, -0.1) is 0 Å². The molecule has 35 heavy (non-hydrogen) atoms. The molecule has 6 heteroatoms. The molecule has 3 aromatic rings. The van der Waals surface area contributed by atoms with Crippen LogP contribution in [0.25, 0.3) is 5.57 Å². The zero-order chi connectivity index (χ0) is 24.8. The van der Waals surface area contributed by atoms with E-state index in [9.17, 15) is 14.7 Å². The van der Waals surface area contributed by atoms with Gasteiger partial charge in [-0.3, -0.25) is 9.59 Å². The maximum atomic E-state index is 12.7. The molecule has 0 aromatic heterocycles. The molecule has 4 rings (SSSR count). The number of aliphatic hydroxyl groups excluding tert-OH is 1. The molecule has 3 aromatic carbocycles. The van der Waals surface area contributed by atoms with E-state index in [1.165, 1.54) is 11.6 Å². The van der Waals surface area contributed by atoms with E-state index in [0.717, 1.165) is 22.4 Å². The Morgan fingerprint density at radius 2 is 1.77 bits per heavy atom. The Morgan fingerprint density at radius 3 is 2.46 bits per heavy atom. The maximum Gasteiger partial charge on any atom is 0.253 e. The third-order valence-electron chi connectivity index (χ3n) is 5.74. The number of amides is 2. The lowest BCUT2D eigenvalue weighted by atomic mass is 9.96. The van der Waals surface area contributed by atoms with Gasteiger partial charge in [-0.25, -0.2) is 0 Å². The summed E-state index contributed by atoms with van der Waals surface area (Å²) in [5.41, 5.74) is 6.04. The Kier molecular flexibility index (Phi) is 7.43. The fourth-order valence-electron chi connectivity index (χ4n) is 3.94. The predicted octanol–water partition coefficient (Wildman–Crippen LogP) is 4.88. The smallest absolute Gasteiger partial charge is 0.253 e. The molecule has 1 atom stereocenters. The number of aliphatic hydroxyl groups is 1. The summed E-state index contributed by atoms with van der Waals surface area (Å²) in [4.78, 5) is 24.4. The fraction of sp³-hybridized carbons (Fsp3) is 0.172. The number of anilines is 2. The van der Waals surface area contributed by atoms with E-state index in [1.54, 1.807) is 24.3 Å². The highest BCUT2D eigenvalue weighted by atomic mass is 16.5. The van der Waals surface area contributed by atoms with Crippen molar-refractivity contribution in [1.29, 1.82) is 0 Å². The minimum absolute atomic E-state index is 0.149. The van der Waals surface area contributed by atoms with Gasteiger partial charge in [-0.1, -0.05) is 60.2 Å². The molecule has 2 amide bonds. The summed E-state index contributed by atoms with van der Waals surface area (Å²) >= 11 is 0. The van der Waals surface area contributed by atoms with Crippen LogP contribution in [0.3, 0.4) is 0 Å². The third kappa shape index (κ3) is 5.86. The van der Waals surface area contributed by atoms with Gasteiger partial charge in [0.1, 0.15) is 11.9 Å². The number of rotatable bonds is 7. The molecule has 1 aliphatic rings. The molecule has 0 spiro atoms. The second kappa shape index (κ2) is 10.8. The van der Waals surface area contributed by atoms with Crippen LogP contribution >= 0.6 is 0 Å². The van der Waals surface area contributed by atoms with Crippen molar-refractivity contribution in [2.24, 2.45) is 0 Å². The number of allylic oxidation sites excluding steroid dienone is 2. The van der Waals surface area contributed by atoms with Gasteiger partial charge in [-0.05, 0) is 54.8 Å². The molecule has 0 radical (unpaired) electrons. The van der Waals surface area contributed by atoms with Crippen molar-refractivity contribution in [3.05, 3.63) is 107 Å². The van der Waals surface area contributed by atoms with Crippen LogP contribution in [0.15, 0.2) is 85.0 Å². The second-order valence-electron chi connectivity index (χ2n) is 8.29. The first-order valence-corrected chi connectivity index (χ1v) is 11.5. The first-order valence-electron chi connectivity index (χ1n) is 11.5. The van der Waals surface area contributed by atoms with Gasteiger partial charge >= 0.3 is 0 Å². The summed E-state index contributed by atoms with van der Waals surface area (Å²) < 4.78 is 5.56. The number of carbonyl (C=O) groups excluding carboxylic acids is 2. The summed E-state index contributed by atoms with van der Waals surface area (Å²) in [5, 5.41) is 15.4. The molecule has 0 saturated carbocycles. The first-order chi connectivity index (χ1) is 16.9. The third-order valence-corrected chi connectivity index (χ3v) is 5.74. The minimum Gasteiger partial charge on any atom is -0.494 e. The van der Waals surface area contributed by atoms with Crippen molar-refractivity contribution in [3.8, 4) is 5.75 Å². The van der Waals surface area contributed by atoms with E-state index < -0.39 is 12.0 Å². The number of nitrogens with one attached hydrogen (secondary N) is 2. The van der Waals surface area contributed by atoms with Crippen molar-refractivity contribution >= 4 is 28.8 Å². The van der Waals surface area contributed by atoms with Crippen molar-refractivity contribution < 1.29 is 19.4 Å². The van der Waals surface area contributed by atoms with Crippen molar-refractivity contribution in [2.45, 2.75) is 26.4 Å². The monoisotopic (exact) mass is 468 g/mol. The van der Waals surface area contributed by atoms with Gasteiger partial charge in [0.2, 0.25) is 5.91 Å². The van der Waals surface area contributed by atoms with Gasteiger partial charge in [0, 0.05) is 29.4 Å². The Balaban J connectivity index is 1.56. The largest absolute Gasteiger partial charge is 0.494 e. The number of benzene rings is 3. The molecular weight excluding hydrogens is 440 g/mol. The molecule has 178 valence electrons. The normalized spacial score (nSPS) is 15.5. The minimum atomic E-state index is -1.13. The molecule has 3 N–H and O–H groups in total. The highest BCUT2D eigenvalue weighted by Gasteiger charge is 2.26. The lowest BCUT2D eigenvalue weighted by Gasteiger charge is -2.23. The van der Waals surface area contributed by atoms with E-state index in [1.807, 2.05) is 44.2 Å². The standard InChI is InChI=1S/C29H28N2O4/c1-3-35-22-16-14-21(15-17-22)23(20-12-10-19(2)11-13-20)6-4-9-28(33)30-25-7-5-8-26-24(25)18-27(32)29(34)31-26/h4-17,27,32H,3,18H2,1-2H3,(H,30,33)(H,31,34)/b9-4+,23-6+. The van der Waals surface area contributed by atoms with Gasteiger partial charge in [0.05, 0.1) is 6.61 Å². The van der Waals surface area contributed by atoms with E-state index in [2.05, 4.69) is 34.9 Å². The van der Waals surface area contributed by atoms with E-state index in [-0.39, 0.29) is 12.3 Å². The molecule has 1 heterocycles. The SMILES string of the molecule is CCOc1ccc(/C(=C/C=C/C(=O)Nc2cccc3c2CC(O)C(=O)N3)c2ccc(C)cc2)cc1. The van der Waals surface area contributed by atoms with Gasteiger partial charge in [-0.2, -0.15) is 0 Å². The molecule has 0 saturated heterocycles. The van der Waals surface area contributed by atoms with Crippen LogP contribution < -0.4 is 15.4 Å². The summed E-state index contributed by atoms with van der Waals surface area (Å²) in [7, 11) is 0. The second-order valence-corrected chi connectivity index (χ2v) is 8.29. The average molecular weight is 469 g/mol. The van der Waals surface area contributed by atoms with Crippen LogP contribution in [0.1, 0.15) is 29.2 Å². The molecule has 1 unspecified atom stereocenters. The fourth-order valence-corrected chi connectivity index (χ4v) is 3.94. The number of fused-ring (bicyclic) bond motifs is 1. The van der Waals surface area contributed by atoms with Crippen LogP contribution in [0, 0.1) is 6.92 Å². The van der Waals surface area contributed by atoms with Crippen LogP contribution in [0.4, 0.5) is 11.4 Å². The van der Waals surface area contributed by atoms with Gasteiger partial charge < -0.3 is 20.5 Å². The van der Waals surface area contributed by atoms with Crippen LogP contribution in [0.5, 0.6) is 5.75 Å². The van der Waals surface area contributed by atoms with Crippen molar-refractivity contribution in [3.63, 3.8) is 0 Å². The summed E-state index contributed by atoms with van der Waals surface area (Å²) in [6.45, 7) is 4.60. The maximum absolute atomic E-state index is 12.7. The highest BCUT2D eigenvalue weighted by molar-refractivity contribution is 6.03. The number of aryl methyl sites for hydroxylation is 1. The van der Waals surface area contributed by atoms with Crippen LogP contribution in [-0.4, -0.2) is 29.6 Å². The molecule has 6 nitrogen and oxygen atoms in total. The first kappa shape index (κ1) is 24.0. The zero-order valence-corrected chi connectivity index (χ0v) is 19.7. The topological polar surface area (TPSA) is 87.7 Å². The molecule has 0 fully saturated rings. The Bertz CT molecular complexity index is 1280. The highest BCUT2D eigenvalue weighted by Crippen LogP contribution is 2.30. The Hall–Kier alpha value is -4.16. The summed E-state index contributed by atoms with van der Waals surface area (Å²) in [6.07, 6.45) is 4.10. The van der Waals surface area contributed by atoms with E-state index >= 15 is 0 Å². The summed E-state index contributed by atoms with van der Waals surface area (Å²) in [5.74, 6) is 0.0573. The molecule has 0 bridgehead atoms. The van der Waals surface area contributed by atoms with Crippen molar-refractivity contribution in [1.82, 2.24) is 0 Å². The molecular formula is C29H28N2O4. The number of carbonyl (C=O) groups is 2. The number of hydrogen-bond acceptors (Lipinski definition) is 4. The predicted molar refractivity (Wildman–Crippen MR) is 138 cm³/mol. The van der Waals surface area contributed by atoms with Crippen LogP contribution in [-0.2, 0) is 16.0 Å². The number of ether oxygens (including phenoxy) is 1. The lowest BCUT2D eigenvalue weighted by Crippen LogP contribution is -2.34. The van der Waals surface area contributed by atoms with Gasteiger partial charge in [0.25, 0.3) is 5.91 Å². The zero-order valence-electron chi connectivity index (χ0n) is 19.7. The summed E-state index contributed by atoms with van der Waals surface area (Å²) in [6, 6.07) is 21.3. The van der Waals surface area contributed by atoms with Gasteiger partial charge in [0.15, 0.2) is 0 Å². The average Bonchev–Trinajstić information content (AvgIpc) is 2.85. The molecule has 1 aliphatic heterocycles. The van der Waals surface area contributed by atoms with E-state index in [4.69, 9.17) is 4.74 Å². The lowest BCUT2D eigenvalue weighted by molar-refractivity contribution is -0.124. The van der Waals surface area contributed by atoms with E-state index in [0.29, 0.717) is 23.5 Å². The number of hydrogen-bond donors (Lipinski definition) is 3. The Labute approximate surface area is 205 Å². The quantitative estimate of drug-likeness (QED) is 0.341.